The molecular formula is C14H19NO3. The Morgan fingerprint density at radius 3 is 2.44 bits per heavy atom. The van der Waals surface area contributed by atoms with Gasteiger partial charge in [0.25, 0.3) is 0 Å². The second-order valence-electron chi connectivity index (χ2n) is 4.69. The van der Waals surface area contributed by atoms with Crippen molar-refractivity contribution in [1.82, 2.24) is 5.32 Å². The van der Waals surface area contributed by atoms with Crippen molar-refractivity contribution in [2.75, 3.05) is 26.8 Å². The molecule has 0 amide bonds. The predicted octanol–water partition coefficient (Wildman–Crippen LogP) is 1.98. The van der Waals surface area contributed by atoms with Gasteiger partial charge in [0.1, 0.15) is 13.2 Å². The highest BCUT2D eigenvalue weighted by atomic mass is 16.6. The van der Waals surface area contributed by atoms with Gasteiger partial charge >= 0.3 is 0 Å². The Kier molecular flexibility index (Phi) is 3.87. The number of fused-ring (bicyclic) bond motifs is 1. The van der Waals surface area contributed by atoms with Crippen LogP contribution in [-0.4, -0.2) is 32.6 Å². The van der Waals surface area contributed by atoms with Crippen molar-refractivity contribution in [1.29, 1.82) is 0 Å². The normalized spacial score (nSPS) is 13.8. The van der Waals surface area contributed by atoms with Gasteiger partial charge < -0.3 is 14.8 Å². The molecule has 0 unspecified atom stereocenters. The number of rotatable bonds is 4. The van der Waals surface area contributed by atoms with Crippen molar-refractivity contribution in [3.8, 4) is 11.5 Å². The summed E-state index contributed by atoms with van der Waals surface area (Å²) in [6.45, 7) is 5.57. The third-order valence-electron chi connectivity index (χ3n) is 2.97. The number of hydrogen-bond donors (Lipinski definition) is 1. The maximum atomic E-state index is 12.1. The first-order valence-corrected chi connectivity index (χ1v) is 6.24. The lowest BCUT2D eigenvalue weighted by Crippen LogP contribution is -2.21. The van der Waals surface area contributed by atoms with Crippen LogP contribution in [0.5, 0.6) is 11.5 Å². The van der Waals surface area contributed by atoms with Gasteiger partial charge in [0, 0.05) is 5.56 Å². The van der Waals surface area contributed by atoms with Crippen LogP contribution in [0.1, 0.15) is 35.7 Å². The Morgan fingerprint density at radius 2 is 1.89 bits per heavy atom. The van der Waals surface area contributed by atoms with E-state index in [1.807, 2.05) is 12.1 Å². The van der Waals surface area contributed by atoms with E-state index in [1.54, 1.807) is 7.05 Å². The molecule has 1 aromatic rings. The lowest BCUT2D eigenvalue weighted by atomic mass is 9.93. The van der Waals surface area contributed by atoms with Crippen LogP contribution in [0.2, 0.25) is 0 Å². The molecule has 0 spiro atoms. The van der Waals surface area contributed by atoms with Crippen LogP contribution in [-0.2, 0) is 0 Å². The van der Waals surface area contributed by atoms with Gasteiger partial charge in [-0.3, -0.25) is 4.79 Å². The highest BCUT2D eigenvalue weighted by Crippen LogP contribution is 2.36. The number of Topliss-reactive ketones (excluding diaryl/α,β-unsaturated/α-hetero) is 1. The van der Waals surface area contributed by atoms with Crippen molar-refractivity contribution >= 4 is 5.78 Å². The molecular weight excluding hydrogens is 230 g/mol. The summed E-state index contributed by atoms with van der Waals surface area (Å²) in [6, 6.07) is 3.74. The first-order valence-electron chi connectivity index (χ1n) is 6.24. The Bertz CT molecular complexity index is 455. The first kappa shape index (κ1) is 12.9. The van der Waals surface area contributed by atoms with E-state index in [9.17, 15) is 4.79 Å². The summed E-state index contributed by atoms with van der Waals surface area (Å²) in [6.07, 6.45) is 0. The van der Waals surface area contributed by atoms with Gasteiger partial charge in [-0.2, -0.15) is 0 Å². The summed E-state index contributed by atoms with van der Waals surface area (Å²) in [5.41, 5.74) is 1.74. The molecule has 0 atom stereocenters. The molecule has 0 fully saturated rings. The van der Waals surface area contributed by atoms with E-state index in [4.69, 9.17) is 9.47 Å². The average molecular weight is 249 g/mol. The molecule has 1 aliphatic heterocycles. The zero-order chi connectivity index (χ0) is 13.1. The monoisotopic (exact) mass is 249 g/mol. The van der Waals surface area contributed by atoms with E-state index in [0.717, 1.165) is 16.9 Å². The Morgan fingerprint density at radius 1 is 1.28 bits per heavy atom. The fraction of sp³-hybridized carbons (Fsp3) is 0.500. The number of ketones is 1. The van der Waals surface area contributed by atoms with E-state index >= 15 is 0 Å². The van der Waals surface area contributed by atoms with Crippen molar-refractivity contribution < 1.29 is 14.3 Å². The molecule has 2 rings (SSSR count). The molecule has 1 aliphatic rings. The molecule has 4 heteroatoms. The third kappa shape index (κ3) is 2.48. The predicted molar refractivity (Wildman–Crippen MR) is 69.8 cm³/mol. The van der Waals surface area contributed by atoms with E-state index < -0.39 is 0 Å². The maximum absolute atomic E-state index is 12.1. The van der Waals surface area contributed by atoms with Crippen LogP contribution in [0.15, 0.2) is 12.1 Å². The molecule has 1 aromatic carbocycles. The van der Waals surface area contributed by atoms with Crippen molar-refractivity contribution in [3.05, 3.63) is 23.3 Å². The van der Waals surface area contributed by atoms with Crippen LogP contribution >= 0.6 is 0 Å². The van der Waals surface area contributed by atoms with Gasteiger partial charge in [-0.15, -0.1) is 0 Å². The first-order chi connectivity index (χ1) is 8.63. The lowest BCUT2D eigenvalue weighted by Gasteiger charge is -2.22. The smallest absolute Gasteiger partial charge is 0.177 e. The molecule has 0 aliphatic carbocycles. The van der Waals surface area contributed by atoms with E-state index in [-0.39, 0.29) is 11.7 Å². The quantitative estimate of drug-likeness (QED) is 0.829. The summed E-state index contributed by atoms with van der Waals surface area (Å²) in [7, 11) is 1.77. The Labute approximate surface area is 107 Å². The topological polar surface area (TPSA) is 47.6 Å². The zero-order valence-electron chi connectivity index (χ0n) is 11.1. The lowest BCUT2D eigenvalue weighted by molar-refractivity contribution is 0.0991. The number of benzene rings is 1. The van der Waals surface area contributed by atoms with Gasteiger partial charge in [-0.1, -0.05) is 13.8 Å². The summed E-state index contributed by atoms with van der Waals surface area (Å²) < 4.78 is 11.1. The standard InChI is InChI=1S/C14H19NO3/c1-9(2)10-6-13-14(18-5-4-17-13)7-11(10)12(16)8-15-3/h6-7,9,15H,4-5,8H2,1-3H3. The van der Waals surface area contributed by atoms with E-state index in [0.29, 0.717) is 25.5 Å². The molecule has 0 saturated carbocycles. The molecule has 0 bridgehead atoms. The van der Waals surface area contributed by atoms with Crippen LogP contribution < -0.4 is 14.8 Å². The number of likely N-dealkylation sites (N-methyl/N-ethyl adjacent to an activating group) is 1. The molecule has 18 heavy (non-hydrogen) atoms. The molecule has 4 nitrogen and oxygen atoms in total. The largest absolute Gasteiger partial charge is 0.486 e. The zero-order valence-corrected chi connectivity index (χ0v) is 11.1. The minimum Gasteiger partial charge on any atom is -0.486 e. The molecule has 0 radical (unpaired) electrons. The second-order valence-corrected chi connectivity index (χ2v) is 4.69. The summed E-state index contributed by atoms with van der Waals surface area (Å²) in [5, 5.41) is 2.89. The van der Waals surface area contributed by atoms with Crippen LogP contribution in [0.3, 0.4) is 0 Å². The number of nitrogens with one attached hydrogen (secondary N) is 1. The van der Waals surface area contributed by atoms with Gasteiger partial charge in [0.15, 0.2) is 17.3 Å². The fourth-order valence-corrected chi connectivity index (χ4v) is 2.08. The summed E-state index contributed by atoms with van der Waals surface area (Å²) in [4.78, 5) is 12.1. The number of carbonyl (C=O) groups is 1. The molecule has 98 valence electrons. The molecule has 1 N–H and O–H groups in total. The van der Waals surface area contributed by atoms with Crippen molar-refractivity contribution in [3.63, 3.8) is 0 Å². The SMILES string of the molecule is CNCC(=O)c1cc2c(cc1C(C)C)OCCO2. The Hall–Kier alpha value is -1.55. The Balaban J connectivity index is 2.45. The average Bonchev–Trinajstić information content (AvgIpc) is 2.37. The summed E-state index contributed by atoms with van der Waals surface area (Å²) >= 11 is 0. The minimum absolute atomic E-state index is 0.0816. The van der Waals surface area contributed by atoms with Gasteiger partial charge in [0.2, 0.25) is 0 Å². The molecule has 1 heterocycles. The van der Waals surface area contributed by atoms with Gasteiger partial charge in [-0.25, -0.2) is 0 Å². The van der Waals surface area contributed by atoms with Crippen LogP contribution in [0.25, 0.3) is 0 Å². The second kappa shape index (κ2) is 5.40. The van der Waals surface area contributed by atoms with Crippen molar-refractivity contribution in [2.24, 2.45) is 0 Å². The van der Waals surface area contributed by atoms with Crippen molar-refractivity contribution in [2.45, 2.75) is 19.8 Å². The maximum Gasteiger partial charge on any atom is 0.177 e. The molecule has 0 saturated heterocycles. The highest BCUT2D eigenvalue weighted by molar-refractivity contribution is 5.99. The number of ether oxygens (including phenoxy) is 2. The fourth-order valence-electron chi connectivity index (χ4n) is 2.08. The third-order valence-corrected chi connectivity index (χ3v) is 2.97. The number of hydrogen-bond acceptors (Lipinski definition) is 4. The van der Waals surface area contributed by atoms with Crippen LogP contribution in [0, 0.1) is 0 Å². The van der Waals surface area contributed by atoms with Gasteiger partial charge in [-0.05, 0) is 30.7 Å². The summed E-state index contributed by atoms with van der Waals surface area (Å²) in [5.74, 6) is 1.77. The number of carbonyl (C=O) groups excluding carboxylic acids is 1. The van der Waals surface area contributed by atoms with Crippen LogP contribution in [0.4, 0.5) is 0 Å². The van der Waals surface area contributed by atoms with Gasteiger partial charge in [0.05, 0.1) is 6.54 Å². The highest BCUT2D eigenvalue weighted by Gasteiger charge is 2.20. The van der Waals surface area contributed by atoms with E-state index in [1.165, 1.54) is 0 Å². The minimum atomic E-state index is 0.0816. The molecule has 0 aromatic heterocycles. The van der Waals surface area contributed by atoms with E-state index in [2.05, 4.69) is 19.2 Å².